The maximum Gasteiger partial charge on any atom is 0.252 e. The lowest BCUT2D eigenvalue weighted by atomic mass is 9.85. The Morgan fingerprint density at radius 1 is 1.19 bits per heavy atom. The first kappa shape index (κ1) is 18.0. The van der Waals surface area contributed by atoms with Crippen LogP contribution in [0.25, 0.3) is 0 Å². The minimum Gasteiger partial charge on any atom is -0.347 e. The molecule has 1 aliphatic carbocycles. The van der Waals surface area contributed by atoms with Crippen LogP contribution in [0, 0.1) is 11.3 Å². The SMILES string of the molecule is O=C(N[C@@H]1CS(=O)(=O)C[C@H]1C(=O)N1CCC2(CCCC2)C1)c1ccsc1. The van der Waals surface area contributed by atoms with E-state index >= 15 is 0 Å². The minimum absolute atomic E-state index is 0.106. The van der Waals surface area contributed by atoms with Crippen LogP contribution in [0.15, 0.2) is 16.8 Å². The number of carbonyl (C=O) groups excluding carboxylic acids is 2. The molecular formula is C18H24N2O4S2. The zero-order valence-corrected chi connectivity index (χ0v) is 16.3. The van der Waals surface area contributed by atoms with Crippen molar-refractivity contribution in [1.82, 2.24) is 10.2 Å². The van der Waals surface area contributed by atoms with E-state index in [1.54, 1.807) is 16.8 Å². The van der Waals surface area contributed by atoms with E-state index in [9.17, 15) is 18.0 Å². The number of rotatable bonds is 3. The molecule has 0 unspecified atom stereocenters. The highest BCUT2D eigenvalue weighted by Crippen LogP contribution is 2.45. The third-order valence-electron chi connectivity index (χ3n) is 6.18. The second-order valence-electron chi connectivity index (χ2n) is 7.99. The van der Waals surface area contributed by atoms with Gasteiger partial charge in [-0.25, -0.2) is 8.42 Å². The van der Waals surface area contributed by atoms with Crippen LogP contribution >= 0.6 is 11.3 Å². The number of hydrogen-bond donors (Lipinski definition) is 1. The van der Waals surface area contributed by atoms with Gasteiger partial charge < -0.3 is 10.2 Å². The Labute approximate surface area is 157 Å². The molecule has 0 bridgehead atoms. The van der Waals surface area contributed by atoms with Crippen molar-refractivity contribution < 1.29 is 18.0 Å². The van der Waals surface area contributed by atoms with Gasteiger partial charge in [0.25, 0.3) is 5.91 Å². The molecule has 142 valence electrons. The van der Waals surface area contributed by atoms with E-state index in [-0.39, 0.29) is 28.7 Å². The standard InChI is InChI=1S/C18H24N2O4S2/c21-16(13-3-8-25-9-13)19-15-11-26(23,24)10-14(15)17(22)20-7-6-18(12-20)4-1-2-5-18/h3,8-9,14-15H,1-2,4-7,10-12H2,(H,19,21)/t14-,15-/m1/s1. The van der Waals surface area contributed by atoms with Crippen LogP contribution in [0.1, 0.15) is 42.5 Å². The van der Waals surface area contributed by atoms with Crippen molar-refractivity contribution in [2.45, 2.75) is 38.1 Å². The fraction of sp³-hybridized carbons (Fsp3) is 0.667. The summed E-state index contributed by atoms with van der Waals surface area (Å²) >= 11 is 1.41. The molecular weight excluding hydrogens is 372 g/mol. The molecule has 2 amide bonds. The average molecular weight is 397 g/mol. The third kappa shape index (κ3) is 3.41. The topological polar surface area (TPSA) is 83.5 Å². The Bertz CT molecular complexity index is 797. The average Bonchev–Trinajstić information content (AvgIpc) is 3.36. The molecule has 1 saturated carbocycles. The van der Waals surface area contributed by atoms with Gasteiger partial charge >= 0.3 is 0 Å². The molecule has 26 heavy (non-hydrogen) atoms. The number of hydrogen-bond acceptors (Lipinski definition) is 5. The Morgan fingerprint density at radius 3 is 2.65 bits per heavy atom. The largest absolute Gasteiger partial charge is 0.347 e. The second kappa shape index (κ2) is 6.64. The number of carbonyl (C=O) groups is 2. The molecule has 1 aromatic rings. The van der Waals surface area contributed by atoms with Gasteiger partial charge in [0.1, 0.15) is 0 Å². The van der Waals surface area contributed by atoms with Crippen LogP contribution in [0.2, 0.25) is 0 Å². The van der Waals surface area contributed by atoms with Crippen LogP contribution < -0.4 is 5.32 Å². The quantitative estimate of drug-likeness (QED) is 0.843. The summed E-state index contributed by atoms with van der Waals surface area (Å²) in [6.07, 6.45) is 5.79. The first-order valence-electron chi connectivity index (χ1n) is 9.20. The number of amides is 2. The fourth-order valence-corrected chi connectivity index (χ4v) is 7.33. The van der Waals surface area contributed by atoms with E-state index in [1.165, 1.54) is 24.2 Å². The van der Waals surface area contributed by atoms with Crippen molar-refractivity contribution in [2.24, 2.45) is 11.3 Å². The Morgan fingerprint density at radius 2 is 1.96 bits per heavy atom. The van der Waals surface area contributed by atoms with Gasteiger partial charge in [-0.1, -0.05) is 12.8 Å². The first-order valence-corrected chi connectivity index (χ1v) is 12.0. The summed E-state index contributed by atoms with van der Waals surface area (Å²) in [6, 6.07) is 1.06. The summed E-state index contributed by atoms with van der Waals surface area (Å²) in [6.45, 7) is 1.45. The van der Waals surface area contributed by atoms with Crippen molar-refractivity contribution in [2.75, 3.05) is 24.6 Å². The first-order chi connectivity index (χ1) is 12.4. The van der Waals surface area contributed by atoms with Crippen LogP contribution in [-0.4, -0.2) is 55.8 Å². The Kier molecular flexibility index (Phi) is 4.59. The molecule has 3 fully saturated rings. The smallest absolute Gasteiger partial charge is 0.252 e. The van der Waals surface area contributed by atoms with Gasteiger partial charge in [0, 0.05) is 24.0 Å². The fourth-order valence-electron chi connectivity index (χ4n) is 4.77. The van der Waals surface area contributed by atoms with Crippen molar-refractivity contribution in [3.05, 3.63) is 22.4 Å². The molecule has 3 aliphatic rings. The third-order valence-corrected chi connectivity index (χ3v) is 8.60. The van der Waals surface area contributed by atoms with Crippen molar-refractivity contribution in [3.8, 4) is 0 Å². The lowest BCUT2D eigenvalue weighted by molar-refractivity contribution is -0.134. The molecule has 3 heterocycles. The lowest BCUT2D eigenvalue weighted by Gasteiger charge is -2.27. The predicted molar refractivity (Wildman–Crippen MR) is 99.8 cm³/mol. The summed E-state index contributed by atoms with van der Waals surface area (Å²) in [5, 5.41) is 6.32. The van der Waals surface area contributed by atoms with E-state index < -0.39 is 21.8 Å². The summed E-state index contributed by atoms with van der Waals surface area (Å²) in [7, 11) is -3.32. The molecule has 8 heteroatoms. The van der Waals surface area contributed by atoms with E-state index in [1.807, 2.05) is 4.90 Å². The maximum absolute atomic E-state index is 13.1. The monoisotopic (exact) mass is 396 g/mol. The molecule has 0 aromatic carbocycles. The summed E-state index contributed by atoms with van der Waals surface area (Å²) in [4.78, 5) is 27.3. The molecule has 1 spiro atoms. The predicted octanol–water partition coefficient (Wildman–Crippen LogP) is 1.68. The number of thiophene rings is 1. The highest BCUT2D eigenvalue weighted by atomic mass is 32.2. The normalized spacial score (nSPS) is 29.3. The molecule has 2 saturated heterocycles. The summed E-state index contributed by atoms with van der Waals surface area (Å²) in [5.41, 5.74) is 0.763. The van der Waals surface area contributed by atoms with Crippen LogP contribution in [0.5, 0.6) is 0 Å². The highest BCUT2D eigenvalue weighted by Gasteiger charge is 2.48. The van der Waals surface area contributed by atoms with Gasteiger partial charge in [-0.2, -0.15) is 11.3 Å². The molecule has 2 aliphatic heterocycles. The van der Waals surface area contributed by atoms with E-state index in [0.717, 1.165) is 25.8 Å². The van der Waals surface area contributed by atoms with E-state index in [0.29, 0.717) is 12.1 Å². The van der Waals surface area contributed by atoms with Crippen molar-refractivity contribution in [3.63, 3.8) is 0 Å². The number of nitrogens with one attached hydrogen (secondary N) is 1. The Balaban J connectivity index is 1.48. The second-order valence-corrected chi connectivity index (χ2v) is 10.9. The van der Waals surface area contributed by atoms with Gasteiger partial charge in [-0.3, -0.25) is 9.59 Å². The zero-order valence-electron chi connectivity index (χ0n) is 14.6. The highest BCUT2D eigenvalue weighted by molar-refractivity contribution is 7.91. The van der Waals surface area contributed by atoms with Crippen LogP contribution in [0.4, 0.5) is 0 Å². The van der Waals surface area contributed by atoms with Gasteiger partial charge in [0.15, 0.2) is 9.84 Å². The number of likely N-dealkylation sites (tertiary alicyclic amines) is 1. The maximum atomic E-state index is 13.1. The van der Waals surface area contributed by atoms with Gasteiger partial charge in [0.2, 0.25) is 5.91 Å². The Hall–Kier alpha value is -1.41. The molecule has 2 atom stereocenters. The lowest BCUT2D eigenvalue weighted by Crippen LogP contribution is -2.47. The van der Waals surface area contributed by atoms with Crippen LogP contribution in [0.3, 0.4) is 0 Å². The number of nitrogens with zero attached hydrogens (tertiary/aromatic N) is 1. The van der Waals surface area contributed by atoms with Crippen molar-refractivity contribution >= 4 is 33.0 Å². The zero-order chi connectivity index (χ0) is 18.4. The summed E-state index contributed by atoms with van der Waals surface area (Å²) < 4.78 is 24.3. The molecule has 6 nitrogen and oxygen atoms in total. The molecule has 4 rings (SSSR count). The number of sulfone groups is 1. The van der Waals surface area contributed by atoms with Gasteiger partial charge in [-0.15, -0.1) is 0 Å². The van der Waals surface area contributed by atoms with E-state index in [2.05, 4.69) is 5.32 Å². The molecule has 1 N–H and O–H groups in total. The molecule has 0 radical (unpaired) electrons. The molecule has 1 aromatic heterocycles. The minimum atomic E-state index is -3.32. The van der Waals surface area contributed by atoms with Crippen molar-refractivity contribution in [1.29, 1.82) is 0 Å². The van der Waals surface area contributed by atoms with Gasteiger partial charge in [0.05, 0.1) is 23.5 Å². The van der Waals surface area contributed by atoms with Crippen LogP contribution in [-0.2, 0) is 14.6 Å². The summed E-state index contributed by atoms with van der Waals surface area (Å²) in [5.74, 6) is -1.40. The van der Waals surface area contributed by atoms with Gasteiger partial charge in [-0.05, 0) is 36.1 Å². The van der Waals surface area contributed by atoms with E-state index in [4.69, 9.17) is 0 Å².